The van der Waals surface area contributed by atoms with Crippen molar-refractivity contribution in [2.45, 2.75) is 18.9 Å². The molecule has 0 aromatic heterocycles. The molecule has 5 heteroatoms. The Bertz CT molecular complexity index is 391. The summed E-state index contributed by atoms with van der Waals surface area (Å²) in [7, 11) is 0. The number of rotatable bonds is 2. The van der Waals surface area contributed by atoms with E-state index in [1.807, 2.05) is 0 Å². The Morgan fingerprint density at radius 1 is 1.33 bits per heavy atom. The first-order valence-corrected chi connectivity index (χ1v) is 5.84. The third kappa shape index (κ3) is 3.23. The van der Waals surface area contributed by atoms with E-state index in [2.05, 4.69) is 10.6 Å². The fourth-order valence-corrected chi connectivity index (χ4v) is 1.78. The van der Waals surface area contributed by atoms with Crippen molar-refractivity contribution in [2.24, 2.45) is 0 Å². The van der Waals surface area contributed by atoms with Crippen LogP contribution in [0.5, 0.6) is 0 Å². The maximum absolute atomic E-state index is 5.98. The maximum Gasteiger partial charge on any atom is 0.171 e. The lowest BCUT2D eigenvalue weighted by atomic mass is 10.3. The van der Waals surface area contributed by atoms with E-state index in [4.69, 9.17) is 35.4 Å². The molecule has 1 fully saturated rings. The summed E-state index contributed by atoms with van der Waals surface area (Å²) in [5.41, 5.74) is 0.738. The molecule has 0 unspecified atom stereocenters. The third-order valence-corrected chi connectivity index (χ3v) is 2.87. The molecule has 0 atom stereocenters. The molecule has 1 aromatic carbocycles. The molecule has 0 spiro atoms. The Balaban J connectivity index is 2.01. The van der Waals surface area contributed by atoms with Gasteiger partial charge in [-0.05, 0) is 43.3 Å². The van der Waals surface area contributed by atoms with Crippen molar-refractivity contribution < 1.29 is 0 Å². The van der Waals surface area contributed by atoms with Crippen molar-refractivity contribution in [2.75, 3.05) is 5.32 Å². The van der Waals surface area contributed by atoms with Crippen molar-refractivity contribution in [3.05, 3.63) is 28.2 Å². The van der Waals surface area contributed by atoms with Gasteiger partial charge >= 0.3 is 0 Å². The first-order chi connectivity index (χ1) is 7.15. The summed E-state index contributed by atoms with van der Waals surface area (Å²) in [6.07, 6.45) is 2.37. The minimum absolute atomic E-state index is 0.531. The highest BCUT2D eigenvalue weighted by atomic mass is 35.5. The zero-order chi connectivity index (χ0) is 10.8. The summed E-state index contributed by atoms with van der Waals surface area (Å²) in [6, 6.07) is 5.77. The highest BCUT2D eigenvalue weighted by molar-refractivity contribution is 7.80. The van der Waals surface area contributed by atoms with Crippen LogP contribution in [0.15, 0.2) is 18.2 Å². The second-order valence-electron chi connectivity index (χ2n) is 3.50. The van der Waals surface area contributed by atoms with Crippen LogP contribution >= 0.6 is 35.4 Å². The molecule has 2 nitrogen and oxygen atoms in total. The van der Waals surface area contributed by atoms with E-state index in [1.165, 1.54) is 12.8 Å². The summed E-state index contributed by atoms with van der Waals surface area (Å²) in [5, 5.41) is 8.04. The number of anilines is 1. The minimum atomic E-state index is 0.531. The second kappa shape index (κ2) is 4.56. The third-order valence-electron chi connectivity index (χ3n) is 2.09. The molecule has 0 saturated heterocycles. The standard InChI is InChI=1S/C10H10Cl2N2S/c11-6-1-4-8(12)9(5-6)14-10(15)13-7-2-3-7/h1,4-5,7H,2-3H2,(H2,13,14,15). The second-order valence-corrected chi connectivity index (χ2v) is 4.75. The van der Waals surface area contributed by atoms with E-state index in [1.54, 1.807) is 18.2 Å². The predicted octanol–water partition coefficient (Wildman–Crippen LogP) is 3.44. The first kappa shape index (κ1) is 11.0. The maximum atomic E-state index is 5.98. The van der Waals surface area contributed by atoms with Gasteiger partial charge in [0.05, 0.1) is 10.7 Å². The van der Waals surface area contributed by atoms with Crippen LogP contribution in [-0.2, 0) is 0 Å². The SMILES string of the molecule is S=C(Nc1cc(Cl)ccc1Cl)NC1CC1. The zero-order valence-electron chi connectivity index (χ0n) is 7.89. The average molecular weight is 261 g/mol. The van der Waals surface area contributed by atoms with Gasteiger partial charge in [0.2, 0.25) is 0 Å². The summed E-state index contributed by atoms with van der Waals surface area (Å²) in [6.45, 7) is 0. The lowest BCUT2D eigenvalue weighted by Crippen LogP contribution is -2.30. The number of hydrogen-bond acceptors (Lipinski definition) is 1. The van der Waals surface area contributed by atoms with Crippen LogP contribution in [0.25, 0.3) is 0 Å². The molecule has 80 valence electrons. The van der Waals surface area contributed by atoms with Gasteiger partial charge in [-0.1, -0.05) is 23.2 Å². The van der Waals surface area contributed by atoms with Gasteiger partial charge in [0.15, 0.2) is 5.11 Å². The number of hydrogen-bond donors (Lipinski definition) is 2. The van der Waals surface area contributed by atoms with Crippen LogP contribution < -0.4 is 10.6 Å². The van der Waals surface area contributed by atoms with Crippen LogP contribution in [0, 0.1) is 0 Å². The monoisotopic (exact) mass is 260 g/mol. The Labute approximate surface area is 104 Å². The van der Waals surface area contributed by atoms with E-state index in [0.29, 0.717) is 21.2 Å². The predicted molar refractivity (Wildman–Crippen MR) is 68.8 cm³/mol. The van der Waals surface area contributed by atoms with Gasteiger partial charge in [0.25, 0.3) is 0 Å². The molecule has 0 heterocycles. The summed E-state index contributed by atoms with van der Waals surface area (Å²) in [4.78, 5) is 0. The molecule has 0 bridgehead atoms. The van der Waals surface area contributed by atoms with Crippen molar-refractivity contribution >= 4 is 46.2 Å². The van der Waals surface area contributed by atoms with Gasteiger partial charge in [-0.15, -0.1) is 0 Å². The Hall–Kier alpha value is -0.510. The minimum Gasteiger partial charge on any atom is -0.360 e. The molecule has 0 radical (unpaired) electrons. The quantitative estimate of drug-likeness (QED) is 0.797. The van der Waals surface area contributed by atoms with Gasteiger partial charge in [-0.2, -0.15) is 0 Å². The molecule has 15 heavy (non-hydrogen) atoms. The number of nitrogens with one attached hydrogen (secondary N) is 2. The lowest BCUT2D eigenvalue weighted by molar-refractivity contribution is 0.919. The van der Waals surface area contributed by atoms with E-state index in [9.17, 15) is 0 Å². The molecular formula is C10H10Cl2N2S. The van der Waals surface area contributed by atoms with Crippen LogP contribution in [0.4, 0.5) is 5.69 Å². The van der Waals surface area contributed by atoms with Gasteiger partial charge in [-0.3, -0.25) is 0 Å². The first-order valence-electron chi connectivity index (χ1n) is 4.68. The molecule has 2 N–H and O–H groups in total. The Morgan fingerprint density at radius 3 is 2.73 bits per heavy atom. The molecule has 1 aliphatic carbocycles. The van der Waals surface area contributed by atoms with Crippen LogP contribution in [-0.4, -0.2) is 11.2 Å². The van der Waals surface area contributed by atoms with E-state index in [-0.39, 0.29) is 0 Å². The molecule has 1 aliphatic rings. The highest BCUT2D eigenvalue weighted by Crippen LogP contribution is 2.25. The van der Waals surface area contributed by atoms with Crippen molar-refractivity contribution in [1.82, 2.24) is 5.32 Å². The van der Waals surface area contributed by atoms with E-state index in [0.717, 1.165) is 5.69 Å². The van der Waals surface area contributed by atoms with Crippen LogP contribution in [0.3, 0.4) is 0 Å². The van der Waals surface area contributed by atoms with Crippen molar-refractivity contribution in [3.8, 4) is 0 Å². The Morgan fingerprint density at radius 2 is 2.07 bits per heavy atom. The lowest BCUT2D eigenvalue weighted by Gasteiger charge is -2.11. The normalized spacial score (nSPS) is 14.8. The van der Waals surface area contributed by atoms with Crippen LogP contribution in [0.2, 0.25) is 10.0 Å². The van der Waals surface area contributed by atoms with Gasteiger partial charge in [0.1, 0.15) is 0 Å². The molecule has 0 aliphatic heterocycles. The van der Waals surface area contributed by atoms with Gasteiger partial charge in [-0.25, -0.2) is 0 Å². The van der Waals surface area contributed by atoms with E-state index >= 15 is 0 Å². The molecule has 2 rings (SSSR count). The largest absolute Gasteiger partial charge is 0.360 e. The molecular weight excluding hydrogens is 251 g/mol. The smallest absolute Gasteiger partial charge is 0.171 e. The van der Waals surface area contributed by atoms with Crippen molar-refractivity contribution in [1.29, 1.82) is 0 Å². The summed E-state index contributed by atoms with van der Waals surface area (Å²) >= 11 is 17.0. The number of benzene rings is 1. The highest BCUT2D eigenvalue weighted by Gasteiger charge is 2.21. The summed E-state index contributed by atoms with van der Waals surface area (Å²) in [5.74, 6) is 0. The average Bonchev–Trinajstić information content (AvgIpc) is 2.95. The van der Waals surface area contributed by atoms with Gasteiger partial charge in [0, 0.05) is 11.1 Å². The fraction of sp³-hybridized carbons (Fsp3) is 0.300. The van der Waals surface area contributed by atoms with E-state index < -0.39 is 0 Å². The van der Waals surface area contributed by atoms with Crippen molar-refractivity contribution in [3.63, 3.8) is 0 Å². The zero-order valence-corrected chi connectivity index (χ0v) is 10.2. The van der Waals surface area contributed by atoms with Crippen LogP contribution in [0.1, 0.15) is 12.8 Å². The molecule has 0 amide bonds. The molecule has 1 aromatic rings. The van der Waals surface area contributed by atoms with Gasteiger partial charge < -0.3 is 10.6 Å². The fourth-order valence-electron chi connectivity index (χ4n) is 1.16. The Kier molecular flexibility index (Phi) is 3.34. The molecule has 1 saturated carbocycles. The topological polar surface area (TPSA) is 24.1 Å². The number of thiocarbonyl (C=S) groups is 1. The summed E-state index contributed by atoms with van der Waals surface area (Å²) < 4.78 is 0. The number of halogens is 2.